The summed E-state index contributed by atoms with van der Waals surface area (Å²) in [6.07, 6.45) is 9.75. The molecule has 0 radical (unpaired) electrons. The Morgan fingerprint density at radius 3 is 2.81 bits per heavy atom. The van der Waals surface area contributed by atoms with E-state index in [0.29, 0.717) is 11.7 Å². The molecule has 0 bridgehead atoms. The fourth-order valence-electron chi connectivity index (χ4n) is 2.49. The zero-order valence-electron chi connectivity index (χ0n) is 15.1. The lowest BCUT2D eigenvalue weighted by molar-refractivity contribution is 0.797. The Morgan fingerprint density at radius 2 is 2.07 bits per heavy atom. The standard InChI is InChI=1S/C19H22ClN7/c1-2-22-19(24-8-5-15-3-4-17(20)25-12-15)26-13-16-6-7-23-18(11-16)27-10-9-21-14-27/h3-4,6-7,9-12,14H,2,5,8,13H2,1H3,(H2,22,24,26). The van der Waals surface area contributed by atoms with Crippen LogP contribution in [0.2, 0.25) is 5.15 Å². The van der Waals surface area contributed by atoms with Gasteiger partial charge < -0.3 is 10.6 Å². The van der Waals surface area contributed by atoms with Gasteiger partial charge in [-0.25, -0.2) is 19.9 Å². The van der Waals surface area contributed by atoms with E-state index in [1.165, 1.54) is 0 Å². The number of nitrogens with zero attached hydrogens (tertiary/aromatic N) is 5. The van der Waals surface area contributed by atoms with Crippen LogP contribution in [0, 0.1) is 0 Å². The molecule has 0 amide bonds. The minimum Gasteiger partial charge on any atom is -0.357 e. The summed E-state index contributed by atoms with van der Waals surface area (Å²) in [4.78, 5) is 17.2. The summed E-state index contributed by atoms with van der Waals surface area (Å²) in [5.41, 5.74) is 2.20. The minimum absolute atomic E-state index is 0.508. The number of imidazole rings is 1. The van der Waals surface area contributed by atoms with E-state index in [9.17, 15) is 0 Å². The van der Waals surface area contributed by atoms with Crippen LogP contribution in [-0.4, -0.2) is 38.6 Å². The van der Waals surface area contributed by atoms with E-state index in [1.54, 1.807) is 31.0 Å². The first-order valence-corrected chi connectivity index (χ1v) is 9.18. The maximum Gasteiger partial charge on any atom is 0.191 e. The largest absolute Gasteiger partial charge is 0.357 e. The average Bonchev–Trinajstić information content (AvgIpc) is 3.23. The van der Waals surface area contributed by atoms with E-state index < -0.39 is 0 Å². The van der Waals surface area contributed by atoms with E-state index in [-0.39, 0.29) is 0 Å². The Balaban J connectivity index is 1.58. The summed E-state index contributed by atoms with van der Waals surface area (Å²) in [7, 11) is 0. The smallest absolute Gasteiger partial charge is 0.191 e. The molecule has 8 heteroatoms. The van der Waals surface area contributed by atoms with E-state index in [2.05, 4.69) is 30.6 Å². The summed E-state index contributed by atoms with van der Waals surface area (Å²) in [6.45, 7) is 4.16. The van der Waals surface area contributed by atoms with Gasteiger partial charge in [0.2, 0.25) is 0 Å². The quantitative estimate of drug-likeness (QED) is 0.372. The van der Waals surface area contributed by atoms with Crippen LogP contribution in [0.15, 0.2) is 60.4 Å². The lowest BCUT2D eigenvalue weighted by Gasteiger charge is -2.11. The van der Waals surface area contributed by atoms with Crippen LogP contribution < -0.4 is 10.6 Å². The van der Waals surface area contributed by atoms with Crippen molar-refractivity contribution in [3.05, 3.63) is 71.7 Å². The molecule has 3 rings (SSSR count). The molecule has 0 aliphatic heterocycles. The molecule has 0 spiro atoms. The second-order valence-corrected chi connectivity index (χ2v) is 6.24. The molecule has 140 valence electrons. The number of halogens is 1. The Bertz CT molecular complexity index is 860. The molecule has 27 heavy (non-hydrogen) atoms. The molecule has 2 N–H and O–H groups in total. The van der Waals surface area contributed by atoms with Crippen molar-refractivity contribution in [2.45, 2.75) is 19.9 Å². The summed E-state index contributed by atoms with van der Waals surface area (Å²) in [5.74, 6) is 1.61. The summed E-state index contributed by atoms with van der Waals surface area (Å²) in [6, 6.07) is 7.76. The highest BCUT2D eigenvalue weighted by molar-refractivity contribution is 6.29. The number of nitrogens with one attached hydrogen (secondary N) is 2. The molecular weight excluding hydrogens is 362 g/mol. The van der Waals surface area contributed by atoms with Crippen molar-refractivity contribution in [3.63, 3.8) is 0 Å². The highest BCUT2D eigenvalue weighted by Gasteiger charge is 2.02. The number of hydrogen-bond acceptors (Lipinski definition) is 4. The monoisotopic (exact) mass is 383 g/mol. The first-order valence-electron chi connectivity index (χ1n) is 8.80. The van der Waals surface area contributed by atoms with Crippen molar-refractivity contribution in [1.82, 2.24) is 30.2 Å². The van der Waals surface area contributed by atoms with Gasteiger partial charge in [0.05, 0.1) is 6.54 Å². The van der Waals surface area contributed by atoms with Gasteiger partial charge in [0, 0.05) is 37.9 Å². The number of pyridine rings is 2. The van der Waals surface area contributed by atoms with Crippen molar-refractivity contribution in [3.8, 4) is 5.82 Å². The predicted octanol–water partition coefficient (Wildman–Crippen LogP) is 2.61. The van der Waals surface area contributed by atoms with Crippen molar-refractivity contribution in [2.75, 3.05) is 13.1 Å². The van der Waals surface area contributed by atoms with E-state index in [4.69, 9.17) is 11.6 Å². The van der Waals surface area contributed by atoms with Crippen LogP contribution in [-0.2, 0) is 13.0 Å². The molecule has 3 aromatic rings. The summed E-state index contributed by atoms with van der Waals surface area (Å²) < 4.78 is 1.87. The fraction of sp³-hybridized carbons (Fsp3) is 0.263. The second kappa shape index (κ2) is 9.68. The van der Waals surface area contributed by atoms with Crippen molar-refractivity contribution in [2.24, 2.45) is 4.99 Å². The number of aliphatic imine (C=N–C) groups is 1. The molecule has 0 fully saturated rings. The molecule has 7 nitrogen and oxygen atoms in total. The number of hydrogen-bond donors (Lipinski definition) is 2. The SMILES string of the molecule is CCNC(=NCc1ccnc(-n2ccnc2)c1)NCCc1ccc(Cl)nc1. The van der Waals surface area contributed by atoms with Crippen LogP contribution in [0.3, 0.4) is 0 Å². The van der Waals surface area contributed by atoms with Crippen molar-refractivity contribution < 1.29 is 0 Å². The maximum absolute atomic E-state index is 5.82. The highest BCUT2D eigenvalue weighted by Crippen LogP contribution is 2.08. The van der Waals surface area contributed by atoms with Gasteiger partial charge in [-0.2, -0.15) is 0 Å². The number of guanidine groups is 1. The molecule has 0 saturated heterocycles. The van der Waals surface area contributed by atoms with Crippen molar-refractivity contribution in [1.29, 1.82) is 0 Å². The van der Waals surface area contributed by atoms with Gasteiger partial charge in [-0.15, -0.1) is 0 Å². The van der Waals surface area contributed by atoms with E-state index >= 15 is 0 Å². The van der Waals surface area contributed by atoms with E-state index in [0.717, 1.165) is 42.4 Å². The molecule has 0 saturated carbocycles. The normalized spacial score (nSPS) is 11.4. The molecule has 0 aliphatic rings. The van der Waals surface area contributed by atoms with Crippen LogP contribution >= 0.6 is 11.6 Å². The fourth-order valence-corrected chi connectivity index (χ4v) is 2.60. The zero-order valence-corrected chi connectivity index (χ0v) is 15.9. The van der Waals surface area contributed by atoms with Gasteiger partial charge in [0.1, 0.15) is 17.3 Å². The number of rotatable bonds is 7. The van der Waals surface area contributed by atoms with E-state index in [1.807, 2.05) is 35.9 Å². The molecule has 3 aromatic heterocycles. The molecule has 3 heterocycles. The first-order chi connectivity index (χ1) is 13.2. The zero-order chi connectivity index (χ0) is 18.9. The van der Waals surface area contributed by atoms with Crippen molar-refractivity contribution >= 4 is 17.6 Å². The molecule has 0 atom stereocenters. The predicted molar refractivity (Wildman–Crippen MR) is 107 cm³/mol. The van der Waals surface area contributed by atoms with Gasteiger partial charge in [-0.05, 0) is 42.7 Å². The molecule has 0 unspecified atom stereocenters. The van der Waals surface area contributed by atoms with Gasteiger partial charge in [-0.1, -0.05) is 17.7 Å². The minimum atomic E-state index is 0.508. The first kappa shape index (κ1) is 18.8. The molecular formula is C19H22ClN7. The van der Waals surface area contributed by atoms with Crippen LogP contribution in [0.25, 0.3) is 5.82 Å². The Kier molecular flexibility index (Phi) is 6.76. The Hall–Kier alpha value is -2.93. The van der Waals surface area contributed by atoms with Gasteiger partial charge in [0.15, 0.2) is 5.96 Å². The third-order valence-corrected chi connectivity index (χ3v) is 4.06. The molecule has 0 aliphatic carbocycles. The average molecular weight is 384 g/mol. The van der Waals surface area contributed by atoms with Crippen LogP contribution in [0.4, 0.5) is 0 Å². The Morgan fingerprint density at radius 1 is 1.15 bits per heavy atom. The van der Waals surface area contributed by atoms with Crippen LogP contribution in [0.5, 0.6) is 0 Å². The Labute approximate surface area is 163 Å². The lowest BCUT2D eigenvalue weighted by atomic mass is 10.2. The van der Waals surface area contributed by atoms with Gasteiger partial charge in [-0.3, -0.25) is 4.57 Å². The summed E-state index contributed by atoms with van der Waals surface area (Å²) in [5, 5.41) is 7.11. The lowest BCUT2D eigenvalue weighted by Crippen LogP contribution is -2.38. The maximum atomic E-state index is 5.82. The van der Waals surface area contributed by atoms with Gasteiger partial charge in [0.25, 0.3) is 0 Å². The molecule has 0 aromatic carbocycles. The third-order valence-electron chi connectivity index (χ3n) is 3.84. The second-order valence-electron chi connectivity index (χ2n) is 5.85. The number of aromatic nitrogens is 4. The van der Waals surface area contributed by atoms with Gasteiger partial charge >= 0.3 is 0 Å². The van der Waals surface area contributed by atoms with Crippen LogP contribution in [0.1, 0.15) is 18.1 Å². The third kappa shape index (κ3) is 5.79. The topological polar surface area (TPSA) is 80.0 Å². The highest BCUT2D eigenvalue weighted by atomic mass is 35.5. The summed E-state index contributed by atoms with van der Waals surface area (Å²) >= 11 is 5.82.